The molecule has 1 aromatic rings. The molecule has 2 saturated heterocycles. The fourth-order valence-corrected chi connectivity index (χ4v) is 4.76. The summed E-state index contributed by atoms with van der Waals surface area (Å²) in [7, 11) is 0. The number of carboxylic acids is 1. The molecule has 3 heterocycles. The molecule has 0 spiro atoms. The van der Waals surface area contributed by atoms with Gasteiger partial charge in [-0.25, -0.2) is 0 Å². The Hall–Kier alpha value is -1.19. The first-order chi connectivity index (χ1) is 8.95. The number of rotatable bonds is 2. The topological polar surface area (TPSA) is 109 Å². The lowest BCUT2D eigenvalue weighted by atomic mass is 9.88. The van der Waals surface area contributed by atoms with Crippen molar-refractivity contribution in [1.82, 2.24) is 15.1 Å². The first kappa shape index (κ1) is 12.8. The average Bonchev–Trinajstić information content (AvgIpc) is 2.83. The quantitative estimate of drug-likeness (QED) is 0.703. The Balaban J connectivity index is 1.95. The number of carbonyl (C=O) groups excluding carboxylic acids is 1. The van der Waals surface area contributed by atoms with E-state index in [0.29, 0.717) is 10.8 Å². The third-order valence-corrected chi connectivity index (χ3v) is 6.06. The molecule has 7 nitrogen and oxygen atoms in total. The number of hydrogen-bond donors (Lipinski definition) is 2. The summed E-state index contributed by atoms with van der Waals surface area (Å²) in [6.07, 6.45) is 0. The summed E-state index contributed by atoms with van der Waals surface area (Å²) in [5.41, 5.74) is 4.54. The highest BCUT2D eigenvalue weighted by atomic mass is 32.2. The first-order valence-corrected chi connectivity index (χ1v) is 7.54. The van der Waals surface area contributed by atoms with Gasteiger partial charge in [-0.1, -0.05) is 0 Å². The number of carbonyl (C=O) groups is 2. The number of carboxylic acid groups (broad SMARTS) is 1. The number of β-lactam (4-membered cyclic amide) rings is 1. The Labute approximate surface area is 117 Å². The molecule has 1 aromatic heterocycles. The zero-order valence-electron chi connectivity index (χ0n) is 10.1. The number of nitrogens with two attached hydrogens (primary N) is 1. The maximum atomic E-state index is 11.7. The van der Waals surface area contributed by atoms with Crippen molar-refractivity contribution in [3.63, 3.8) is 0 Å². The van der Waals surface area contributed by atoms with Crippen LogP contribution in [0.2, 0.25) is 0 Å². The number of fused-ring (bicyclic) bond motifs is 1. The summed E-state index contributed by atoms with van der Waals surface area (Å²) in [5, 5.41) is 18.5. The maximum absolute atomic E-state index is 11.7. The minimum atomic E-state index is -1.16. The van der Waals surface area contributed by atoms with Gasteiger partial charge < -0.3 is 15.7 Å². The highest BCUT2D eigenvalue weighted by Crippen LogP contribution is 2.43. The van der Waals surface area contributed by atoms with E-state index in [-0.39, 0.29) is 17.8 Å². The number of aromatic nitrogens is 2. The third kappa shape index (κ3) is 1.68. The SMILES string of the molecule is Cc1nnc(C2(C(=O)O)CS[C@@H]3C(N)C(=O)N3C2)s1. The molecule has 0 aromatic carbocycles. The standard InChI is InChI=1S/C10H12N4O3S2/c1-4-12-13-8(19-4)10(9(16)17)2-14-6(15)5(11)7(14)18-3-10/h5,7H,2-3,11H2,1H3,(H,16,17)/t5?,7-,10?/m1/s1. The summed E-state index contributed by atoms with van der Waals surface area (Å²) in [4.78, 5) is 24.9. The van der Waals surface area contributed by atoms with Crippen molar-refractivity contribution >= 4 is 35.0 Å². The molecule has 0 bridgehead atoms. The minimum absolute atomic E-state index is 0.103. The highest BCUT2D eigenvalue weighted by Gasteiger charge is 2.57. The van der Waals surface area contributed by atoms with Crippen LogP contribution in [-0.2, 0) is 15.0 Å². The zero-order valence-corrected chi connectivity index (χ0v) is 11.7. The van der Waals surface area contributed by atoms with Crippen molar-refractivity contribution in [2.75, 3.05) is 12.3 Å². The Morgan fingerprint density at radius 2 is 2.32 bits per heavy atom. The van der Waals surface area contributed by atoms with Crippen LogP contribution in [0.25, 0.3) is 0 Å². The Morgan fingerprint density at radius 3 is 2.89 bits per heavy atom. The maximum Gasteiger partial charge on any atom is 0.319 e. The molecule has 2 aliphatic heterocycles. The van der Waals surface area contributed by atoms with Gasteiger partial charge in [0.2, 0.25) is 5.91 Å². The van der Waals surface area contributed by atoms with Crippen LogP contribution < -0.4 is 5.73 Å². The fourth-order valence-electron chi connectivity index (χ4n) is 2.32. The van der Waals surface area contributed by atoms with Crippen molar-refractivity contribution in [2.24, 2.45) is 5.73 Å². The van der Waals surface area contributed by atoms with E-state index in [2.05, 4.69) is 10.2 Å². The molecule has 0 radical (unpaired) electrons. The normalized spacial score (nSPS) is 33.8. The number of aryl methyl sites for hydroxylation is 1. The largest absolute Gasteiger partial charge is 0.480 e. The molecule has 2 unspecified atom stereocenters. The van der Waals surface area contributed by atoms with Crippen molar-refractivity contribution in [3.05, 3.63) is 10.0 Å². The van der Waals surface area contributed by atoms with Gasteiger partial charge in [-0.15, -0.1) is 33.3 Å². The predicted molar refractivity (Wildman–Crippen MR) is 69.9 cm³/mol. The highest BCUT2D eigenvalue weighted by molar-refractivity contribution is 8.00. The zero-order chi connectivity index (χ0) is 13.8. The van der Waals surface area contributed by atoms with E-state index in [0.717, 1.165) is 5.01 Å². The van der Waals surface area contributed by atoms with Gasteiger partial charge in [0.25, 0.3) is 0 Å². The van der Waals surface area contributed by atoms with Crippen molar-refractivity contribution in [1.29, 1.82) is 0 Å². The van der Waals surface area contributed by atoms with Crippen molar-refractivity contribution in [3.8, 4) is 0 Å². The van der Waals surface area contributed by atoms with Crippen LogP contribution in [0.5, 0.6) is 0 Å². The fraction of sp³-hybridized carbons (Fsp3) is 0.600. The summed E-state index contributed by atoms with van der Waals surface area (Å²) in [5.74, 6) is -0.800. The molecular weight excluding hydrogens is 288 g/mol. The van der Waals surface area contributed by atoms with Crippen LogP contribution >= 0.6 is 23.1 Å². The predicted octanol–water partition coefficient (Wildman–Crippen LogP) is -0.589. The molecule has 3 rings (SSSR count). The Bertz CT molecular complexity index is 563. The number of nitrogens with zero attached hydrogens (tertiary/aromatic N) is 3. The van der Waals surface area contributed by atoms with E-state index >= 15 is 0 Å². The van der Waals surface area contributed by atoms with Crippen LogP contribution in [-0.4, -0.2) is 55.8 Å². The van der Waals surface area contributed by atoms with Gasteiger partial charge in [-0.2, -0.15) is 0 Å². The first-order valence-electron chi connectivity index (χ1n) is 5.67. The summed E-state index contributed by atoms with van der Waals surface area (Å²) in [6.45, 7) is 1.90. The number of aliphatic carboxylic acids is 1. The second kappa shape index (κ2) is 4.15. The molecule has 2 aliphatic rings. The van der Waals surface area contributed by atoms with Crippen LogP contribution in [0.1, 0.15) is 10.0 Å². The molecule has 1 amide bonds. The van der Waals surface area contributed by atoms with Crippen molar-refractivity contribution < 1.29 is 14.7 Å². The molecule has 19 heavy (non-hydrogen) atoms. The smallest absolute Gasteiger partial charge is 0.319 e. The summed E-state index contributed by atoms with van der Waals surface area (Å²) >= 11 is 2.67. The van der Waals surface area contributed by atoms with E-state index in [9.17, 15) is 14.7 Å². The summed E-state index contributed by atoms with van der Waals surface area (Å²) in [6, 6.07) is -0.507. The van der Waals surface area contributed by atoms with Gasteiger partial charge in [0.1, 0.15) is 26.8 Å². The second-order valence-corrected chi connectivity index (χ2v) is 6.99. The number of hydrogen-bond acceptors (Lipinski definition) is 7. The van der Waals surface area contributed by atoms with E-state index in [4.69, 9.17) is 5.73 Å². The minimum Gasteiger partial charge on any atom is -0.480 e. The molecule has 3 atom stereocenters. The van der Waals surface area contributed by atoms with Gasteiger partial charge >= 0.3 is 5.97 Å². The second-order valence-electron chi connectivity index (χ2n) is 4.71. The molecule has 0 aliphatic carbocycles. The Morgan fingerprint density at radius 1 is 1.58 bits per heavy atom. The van der Waals surface area contributed by atoms with Crippen LogP contribution in [0.15, 0.2) is 0 Å². The average molecular weight is 300 g/mol. The van der Waals surface area contributed by atoms with Gasteiger partial charge in [0.05, 0.1) is 0 Å². The van der Waals surface area contributed by atoms with Crippen LogP contribution in [0.4, 0.5) is 0 Å². The van der Waals surface area contributed by atoms with Crippen LogP contribution in [0, 0.1) is 6.92 Å². The molecule has 3 N–H and O–H groups in total. The number of thioether (sulfide) groups is 1. The molecule has 2 fully saturated rings. The van der Waals surface area contributed by atoms with Gasteiger partial charge in [0, 0.05) is 12.3 Å². The summed E-state index contributed by atoms with van der Waals surface area (Å²) < 4.78 is 0. The molecule has 9 heteroatoms. The lowest BCUT2D eigenvalue weighted by Gasteiger charge is -2.52. The van der Waals surface area contributed by atoms with E-state index in [1.807, 2.05) is 0 Å². The van der Waals surface area contributed by atoms with E-state index in [1.54, 1.807) is 6.92 Å². The Kier molecular flexibility index (Phi) is 2.80. The number of amides is 1. The molecular formula is C10H12N4O3S2. The van der Waals surface area contributed by atoms with E-state index in [1.165, 1.54) is 28.0 Å². The van der Waals surface area contributed by atoms with E-state index < -0.39 is 17.4 Å². The molecule has 102 valence electrons. The third-order valence-electron chi connectivity index (χ3n) is 3.47. The van der Waals surface area contributed by atoms with Gasteiger partial charge in [-0.3, -0.25) is 9.59 Å². The monoisotopic (exact) mass is 300 g/mol. The van der Waals surface area contributed by atoms with Gasteiger partial charge in [0.15, 0.2) is 0 Å². The van der Waals surface area contributed by atoms with Crippen molar-refractivity contribution in [2.45, 2.75) is 23.8 Å². The van der Waals surface area contributed by atoms with Gasteiger partial charge in [-0.05, 0) is 6.92 Å². The van der Waals surface area contributed by atoms with Crippen LogP contribution in [0.3, 0.4) is 0 Å². The lowest BCUT2D eigenvalue weighted by Crippen LogP contribution is -2.72. The molecule has 0 saturated carbocycles. The lowest BCUT2D eigenvalue weighted by molar-refractivity contribution is -0.152.